The van der Waals surface area contributed by atoms with Gasteiger partial charge in [-0.1, -0.05) is 44.2 Å². The van der Waals surface area contributed by atoms with Crippen molar-refractivity contribution >= 4 is 22.8 Å². The fourth-order valence-corrected chi connectivity index (χ4v) is 3.19. The molecule has 1 heterocycles. The first-order chi connectivity index (χ1) is 13.5. The van der Waals surface area contributed by atoms with Gasteiger partial charge in [-0.05, 0) is 48.1 Å². The molecule has 0 fully saturated rings. The lowest BCUT2D eigenvalue weighted by atomic mass is 10.0. The van der Waals surface area contributed by atoms with E-state index in [4.69, 9.17) is 4.74 Å². The van der Waals surface area contributed by atoms with E-state index in [0.29, 0.717) is 24.4 Å². The molecule has 3 aromatic rings. The van der Waals surface area contributed by atoms with Crippen LogP contribution in [0, 0.1) is 5.92 Å². The number of para-hydroxylation sites is 1. The van der Waals surface area contributed by atoms with Crippen molar-refractivity contribution in [3.05, 3.63) is 71.4 Å². The van der Waals surface area contributed by atoms with Crippen molar-refractivity contribution in [3.63, 3.8) is 0 Å². The fraction of sp³-hybridized carbons (Fsp3) is 0.304. The van der Waals surface area contributed by atoms with Gasteiger partial charge in [0.1, 0.15) is 0 Å². The number of aromatic amines is 1. The highest BCUT2D eigenvalue weighted by molar-refractivity contribution is 5.91. The van der Waals surface area contributed by atoms with Crippen LogP contribution in [-0.2, 0) is 22.4 Å². The van der Waals surface area contributed by atoms with Gasteiger partial charge >= 0.3 is 5.97 Å². The molecule has 0 unspecified atom stereocenters. The third-order valence-corrected chi connectivity index (χ3v) is 4.56. The predicted molar refractivity (Wildman–Crippen MR) is 110 cm³/mol. The summed E-state index contributed by atoms with van der Waals surface area (Å²) < 4.78 is 5.11. The molecule has 3 rings (SSSR count). The highest BCUT2D eigenvalue weighted by Gasteiger charge is 2.11. The summed E-state index contributed by atoms with van der Waals surface area (Å²) in [7, 11) is 0. The molecule has 0 atom stereocenters. The van der Waals surface area contributed by atoms with Crippen LogP contribution in [0.2, 0.25) is 0 Å². The Labute approximate surface area is 165 Å². The standard InChI is InChI=1S/C23H26N2O3/c1-16(2)13-17-7-9-18(10-8-17)23(27)28-15-22(26)24-12-11-19-14-25-21-6-4-3-5-20(19)21/h3-10,14,16,25H,11-13,15H2,1-2H3,(H,24,26). The van der Waals surface area contributed by atoms with E-state index in [1.54, 1.807) is 12.1 Å². The number of H-pyrrole nitrogens is 1. The molecule has 0 radical (unpaired) electrons. The Hall–Kier alpha value is -3.08. The van der Waals surface area contributed by atoms with Gasteiger partial charge in [0.15, 0.2) is 6.61 Å². The maximum absolute atomic E-state index is 12.1. The van der Waals surface area contributed by atoms with Gasteiger partial charge in [0.05, 0.1) is 5.56 Å². The van der Waals surface area contributed by atoms with E-state index in [9.17, 15) is 9.59 Å². The van der Waals surface area contributed by atoms with Crippen molar-refractivity contribution < 1.29 is 14.3 Å². The molecule has 0 aliphatic rings. The molecule has 2 N–H and O–H groups in total. The zero-order chi connectivity index (χ0) is 19.9. The number of carbonyl (C=O) groups is 2. The summed E-state index contributed by atoms with van der Waals surface area (Å²) in [6.07, 6.45) is 3.63. The lowest BCUT2D eigenvalue weighted by molar-refractivity contribution is -0.124. The van der Waals surface area contributed by atoms with Gasteiger partial charge in [0.2, 0.25) is 0 Å². The number of hydrogen-bond acceptors (Lipinski definition) is 3. The molecular formula is C23H26N2O3. The third kappa shape index (κ3) is 5.22. The number of nitrogens with one attached hydrogen (secondary N) is 2. The van der Waals surface area contributed by atoms with Crippen LogP contribution >= 0.6 is 0 Å². The monoisotopic (exact) mass is 378 g/mol. The molecule has 1 aromatic heterocycles. The number of carbonyl (C=O) groups excluding carboxylic acids is 2. The molecule has 1 amide bonds. The van der Waals surface area contributed by atoms with Crippen LogP contribution in [0.3, 0.4) is 0 Å². The van der Waals surface area contributed by atoms with Crippen molar-refractivity contribution in [1.82, 2.24) is 10.3 Å². The second-order valence-corrected chi connectivity index (χ2v) is 7.33. The van der Waals surface area contributed by atoms with Gasteiger partial charge in [-0.25, -0.2) is 4.79 Å². The average Bonchev–Trinajstić information content (AvgIpc) is 3.09. The molecular weight excluding hydrogens is 352 g/mol. The summed E-state index contributed by atoms with van der Waals surface area (Å²) in [6.45, 7) is 4.52. The number of aromatic nitrogens is 1. The van der Waals surface area contributed by atoms with Gasteiger partial charge in [-0.15, -0.1) is 0 Å². The minimum atomic E-state index is -0.483. The van der Waals surface area contributed by atoms with Crippen molar-refractivity contribution in [3.8, 4) is 0 Å². The van der Waals surface area contributed by atoms with Crippen molar-refractivity contribution in [1.29, 1.82) is 0 Å². The molecule has 0 aliphatic heterocycles. The van der Waals surface area contributed by atoms with Crippen LogP contribution in [0.1, 0.15) is 35.3 Å². The maximum Gasteiger partial charge on any atom is 0.338 e. The van der Waals surface area contributed by atoms with Crippen LogP contribution in [-0.4, -0.2) is 30.0 Å². The minimum Gasteiger partial charge on any atom is -0.452 e. The normalized spacial score (nSPS) is 11.0. The van der Waals surface area contributed by atoms with Crippen LogP contribution < -0.4 is 5.32 Å². The largest absolute Gasteiger partial charge is 0.452 e. The van der Waals surface area contributed by atoms with Crippen LogP contribution in [0.15, 0.2) is 54.7 Å². The first kappa shape index (κ1) is 19.7. The van der Waals surface area contributed by atoms with Crippen LogP contribution in [0.5, 0.6) is 0 Å². The minimum absolute atomic E-state index is 0.277. The summed E-state index contributed by atoms with van der Waals surface area (Å²) in [5, 5.41) is 3.95. The molecule has 0 saturated carbocycles. The molecule has 28 heavy (non-hydrogen) atoms. The SMILES string of the molecule is CC(C)Cc1ccc(C(=O)OCC(=O)NCCc2c[nH]c3ccccc23)cc1. The number of rotatable bonds is 8. The molecule has 2 aromatic carbocycles. The quantitative estimate of drug-likeness (QED) is 0.584. The third-order valence-electron chi connectivity index (χ3n) is 4.56. The molecule has 0 aliphatic carbocycles. The number of esters is 1. The van der Waals surface area contributed by atoms with Gasteiger partial charge in [0, 0.05) is 23.6 Å². The summed E-state index contributed by atoms with van der Waals surface area (Å²) in [5.74, 6) is -0.224. The van der Waals surface area contributed by atoms with Gasteiger partial charge in [0.25, 0.3) is 5.91 Å². The Morgan fingerprint density at radius 2 is 1.82 bits per heavy atom. The average molecular weight is 378 g/mol. The molecule has 5 heteroatoms. The van der Waals surface area contributed by atoms with Crippen LogP contribution in [0.25, 0.3) is 10.9 Å². The Bertz CT molecular complexity index is 942. The Morgan fingerprint density at radius 3 is 2.57 bits per heavy atom. The zero-order valence-corrected chi connectivity index (χ0v) is 16.3. The smallest absolute Gasteiger partial charge is 0.338 e. The van der Waals surface area contributed by atoms with E-state index in [-0.39, 0.29) is 12.5 Å². The fourth-order valence-electron chi connectivity index (χ4n) is 3.19. The van der Waals surface area contributed by atoms with Gasteiger partial charge in [-0.3, -0.25) is 4.79 Å². The number of hydrogen-bond donors (Lipinski definition) is 2. The lowest BCUT2D eigenvalue weighted by Gasteiger charge is -2.08. The van der Waals surface area contributed by atoms with E-state index >= 15 is 0 Å². The first-order valence-electron chi connectivity index (χ1n) is 9.60. The lowest BCUT2D eigenvalue weighted by Crippen LogP contribution is -2.30. The second-order valence-electron chi connectivity index (χ2n) is 7.33. The second kappa shape index (κ2) is 9.22. The van der Waals surface area contributed by atoms with Crippen molar-refractivity contribution in [2.45, 2.75) is 26.7 Å². The van der Waals surface area contributed by atoms with Crippen LogP contribution in [0.4, 0.5) is 0 Å². The number of fused-ring (bicyclic) bond motifs is 1. The highest BCUT2D eigenvalue weighted by Crippen LogP contribution is 2.17. The predicted octanol–water partition coefficient (Wildman–Crippen LogP) is 3.88. The van der Waals surface area contributed by atoms with Gasteiger partial charge < -0.3 is 15.0 Å². The van der Waals surface area contributed by atoms with E-state index in [0.717, 1.165) is 22.9 Å². The Morgan fingerprint density at radius 1 is 1.07 bits per heavy atom. The zero-order valence-electron chi connectivity index (χ0n) is 16.3. The van der Waals surface area contributed by atoms with E-state index in [1.807, 2.05) is 36.5 Å². The number of amides is 1. The molecule has 0 saturated heterocycles. The van der Waals surface area contributed by atoms with Crippen molar-refractivity contribution in [2.24, 2.45) is 5.92 Å². The van der Waals surface area contributed by atoms with E-state index in [1.165, 1.54) is 5.56 Å². The summed E-state index contributed by atoms with van der Waals surface area (Å²) in [4.78, 5) is 27.3. The van der Waals surface area contributed by atoms with E-state index < -0.39 is 5.97 Å². The van der Waals surface area contributed by atoms with E-state index in [2.05, 4.69) is 30.2 Å². The number of benzene rings is 2. The van der Waals surface area contributed by atoms with Crippen molar-refractivity contribution in [2.75, 3.05) is 13.2 Å². The summed E-state index contributed by atoms with van der Waals surface area (Å²) >= 11 is 0. The molecule has 146 valence electrons. The Kier molecular flexibility index (Phi) is 6.48. The van der Waals surface area contributed by atoms with Gasteiger partial charge in [-0.2, -0.15) is 0 Å². The molecule has 0 bridgehead atoms. The topological polar surface area (TPSA) is 71.2 Å². The highest BCUT2D eigenvalue weighted by atomic mass is 16.5. The number of ether oxygens (including phenoxy) is 1. The maximum atomic E-state index is 12.1. The summed E-state index contributed by atoms with van der Waals surface area (Å²) in [6, 6.07) is 15.4. The first-order valence-corrected chi connectivity index (χ1v) is 9.60. The Balaban J connectivity index is 1.42. The molecule has 0 spiro atoms. The summed E-state index contributed by atoms with van der Waals surface area (Å²) in [5.41, 5.74) is 3.87. The molecule has 5 nitrogen and oxygen atoms in total.